The van der Waals surface area contributed by atoms with Crippen molar-refractivity contribution in [2.45, 2.75) is 50.5 Å². The van der Waals surface area contributed by atoms with E-state index < -0.39 is 0 Å². The second kappa shape index (κ2) is 12.0. The predicted octanol–water partition coefficient (Wildman–Crippen LogP) is 1.70. The van der Waals surface area contributed by atoms with Gasteiger partial charge in [0.15, 0.2) is 0 Å². The summed E-state index contributed by atoms with van der Waals surface area (Å²) in [5.41, 5.74) is 4.50. The van der Waals surface area contributed by atoms with Gasteiger partial charge < -0.3 is 10.5 Å². The number of aldehydes is 1. The van der Waals surface area contributed by atoms with E-state index in [9.17, 15) is 9.59 Å². The lowest BCUT2D eigenvalue weighted by molar-refractivity contribution is -0.120. The largest absolute Gasteiger partial charge is 0.333 e. The normalized spacial score (nSPS) is 13.8. The Hall–Kier alpha value is 0.440. The molecule has 0 aliphatic carbocycles. The number of nitrogens with two attached hydrogens (primary N) is 1. The fraction of sp³-hybridized carbons (Fsp3) is 0.846. The molecule has 7 heteroatoms. The number of carbonyl (C=O) groups excluding carboxylic acids is 2. The predicted molar refractivity (Wildman–Crippen MR) is 101 cm³/mol. The molecule has 0 rings (SSSR count). The molecule has 2 unspecified atom stereocenters. The van der Waals surface area contributed by atoms with Crippen molar-refractivity contribution >= 4 is 53.4 Å². The maximum absolute atomic E-state index is 11.2. The van der Waals surface area contributed by atoms with E-state index in [0.29, 0.717) is 6.42 Å². The first kappa shape index (κ1) is 25.4. The molecule has 0 amide bonds. The minimum absolute atomic E-state index is 0.211. The van der Waals surface area contributed by atoms with Crippen LogP contribution < -0.4 is 5.73 Å². The van der Waals surface area contributed by atoms with E-state index in [0.717, 1.165) is 6.29 Å². The van der Waals surface area contributed by atoms with Crippen molar-refractivity contribution in [3.63, 3.8) is 0 Å². The third-order valence-electron chi connectivity index (χ3n) is 2.74. The zero-order valence-electron chi connectivity index (χ0n) is 13.8. The van der Waals surface area contributed by atoms with Gasteiger partial charge in [-0.3, -0.25) is 4.79 Å². The van der Waals surface area contributed by atoms with E-state index >= 15 is 0 Å². The average Bonchev–Trinajstić information content (AvgIpc) is 2.40. The van der Waals surface area contributed by atoms with Gasteiger partial charge >= 0.3 is 0 Å². The summed E-state index contributed by atoms with van der Waals surface area (Å²) in [5, 5.41) is 0. The van der Waals surface area contributed by atoms with Crippen molar-refractivity contribution < 1.29 is 9.59 Å². The molecule has 0 aliphatic heterocycles. The first-order chi connectivity index (χ1) is 8.93. The summed E-state index contributed by atoms with van der Waals surface area (Å²) >= 11 is 9.98. The Morgan fingerprint density at radius 2 is 1.45 bits per heavy atom. The molecule has 0 saturated heterocycles. The van der Waals surface area contributed by atoms with Crippen LogP contribution in [-0.2, 0) is 50.9 Å². The Balaban J connectivity index is -0.000000262. The first-order valence-corrected chi connectivity index (χ1v) is 11.3. The fourth-order valence-corrected chi connectivity index (χ4v) is 1.65. The summed E-state index contributed by atoms with van der Waals surface area (Å²) in [7, 11) is 1.07. The van der Waals surface area contributed by atoms with E-state index in [4.69, 9.17) is 22.4 Å². The molecule has 0 fully saturated rings. The van der Waals surface area contributed by atoms with Crippen molar-refractivity contribution in [2.24, 2.45) is 5.73 Å². The van der Waals surface area contributed by atoms with E-state index in [1.807, 2.05) is 47.1 Å². The summed E-state index contributed by atoms with van der Waals surface area (Å²) in [6.07, 6.45) is 5.34. The van der Waals surface area contributed by atoms with Crippen LogP contribution in [0.25, 0.3) is 0 Å². The van der Waals surface area contributed by atoms with Crippen molar-refractivity contribution in [2.75, 3.05) is 19.6 Å². The van der Waals surface area contributed by atoms with Gasteiger partial charge in [-0.05, 0) is 47.3 Å². The van der Waals surface area contributed by atoms with Crippen LogP contribution in [0.4, 0.5) is 0 Å². The van der Waals surface area contributed by atoms with Crippen molar-refractivity contribution in [1.29, 1.82) is 0 Å². The molecule has 122 valence electrons. The van der Waals surface area contributed by atoms with E-state index in [1.165, 1.54) is 7.05 Å². The van der Waals surface area contributed by atoms with E-state index in [1.54, 1.807) is 0 Å². The highest BCUT2D eigenvalue weighted by atomic mass is 32.8. The van der Waals surface area contributed by atoms with Gasteiger partial charge in [0.25, 0.3) is 0 Å². The smallest absolute Gasteiger partial charge is 0.148 e. The standard InChI is InChI=1S/C7H14OS2.C5H10OS2.CH5N/c1-5-6(8)7(2,3)10(4)9;1-5(2,4-6)8(3)7;1-2/h5H2,1-4H3;4H,1-3H3;2H2,1H3. The number of ketones is 1. The number of hydrogen-bond acceptors (Lipinski definition) is 5. The van der Waals surface area contributed by atoms with Crippen LogP contribution in [0.5, 0.6) is 0 Å². The summed E-state index contributed by atoms with van der Waals surface area (Å²) < 4.78 is -0.584. The Morgan fingerprint density at radius 1 is 1.10 bits per heavy atom. The minimum Gasteiger partial charge on any atom is -0.333 e. The molecule has 0 bridgehead atoms. The van der Waals surface area contributed by atoms with Gasteiger partial charge in [-0.15, -0.1) is 18.9 Å². The second-order valence-electron chi connectivity index (χ2n) is 4.92. The summed E-state index contributed by atoms with van der Waals surface area (Å²) in [5.74, 6) is 0.272. The molecule has 0 aromatic carbocycles. The number of hydrogen-bond donors (Lipinski definition) is 1. The number of Topliss-reactive ketones (excluding diaryl/α,β-unsaturated/α-hetero) is 1. The molecular weight excluding hydrogens is 330 g/mol. The van der Waals surface area contributed by atoms with Gasteiger partial charge in [0.1, 0.15) is 12.1 Å². The SMILES string of the molecule is CCC(=O)C(C)(C)S(C)=S.CN.CS(=S)C(C)(C)C=O. The van der Waals surface area contributed by atoms with Gasteiger partial charge in [-0.1, -0.05) is 29.3 Å². The highest BCUT2D eigenvalue weighted by molar-refractivity contribution is 8.29. The van der Waals surface area contributed by atoms with Crippen LogP contribution in [0.3, 0.4) is 0 Å². The fourth-order valence-electron chi connectivity index (χ4n) is 0.654. The van der Waals surface area contributed by atoms with Crippen LogP contribution in [-0.4, -0.2) is 41.1 Å². The van der Waals surface area contributed by atoms with Gasteiger partial charge in [0.2, 0.25) is 0 Å². The van der Waals surface area contributed by atoms with Crippen LogP contribution in [0.15, 0.2) is 0 Å². The molecule has 0 heterocycles. The molecule has 0 saturated carbocycles. The number of carbonyl (C=O) groups is 2. The van der Waals surface area contributed by atoms with Gasteiger partial charge in [0.05, 0.1) is 9.49 Å². The quantitative estimate of drug-likeness (QED) is 0.757. The van der Waals surface area contributed by atoms with Crippen LogP contribution >= 0.6 is 0 Å². The van der Waals surface area contributed by atoms with Gasteiger partial charge in [-0.2, -0.15) is 0 Å². The molecule has 0 radical (unpaired) electrons. The number of rotatable bonds is 5. The van der Waals surface area contributed by atoms with Gasteiger partial charge in [-0.25, -0.2) is 0 Å². The molecule has 2 N–H and O–H groups in total. The third-order valence-corrected chi connectivity index (χ3v) is 8.52. The Labute approximate surface area is 138 Å². The Kier molecular flexibility index (Phi) is 15.3. The van der Waals surface area contributed by atoms with E-state index in [-0.39, 0.29) is 34.2 Å². The van der Waals surface area contributed by atoms with Crippen LogP contribution in [0.1, 0.15) is 41.0 Å². The molecule has 0 aromatic rings. The van der Waals surface area contributed by atoms with E-state index in [2.05, 4.69) is 5.73 Å². The minimum atomic E-state index is -0.296. The molecule has 0 aliphatic rings. The Bertz CT molecular complexity index is 352. The van der Waals surface area contributed by atoms with Crippen LogP contribution in [0.2, 0.25) is 0 Å². The monoisotopic (exact) mass is 359 g/mol. The molecule has 0 spiro atoms. The second-order valence-corrected chi connectivity index (χ2v) is 11.8. The summed E-state index contributed by atoms with van der Waals surface area (Å²) in [4.78, 5) is 21.4. The Morgan fingerprint density at radius 3 is 1.50 bits per heavy atom. The molecule has 2 atom stereocenters. The average molecular weight is 360 g/mol. The highest BCUT2D eigenvalue weighted by Gasteiger charge is 2.26. The maximum Gasteiger partial charge on any atom is 0.148 e. The molecule has 20 heavy (non-hydrogen) atoms. The lowest BCUT2D eigenvalue weighted by Gasteiger charge is -2.21. The zero-order chi connectivity index (χ0) is 17.1. The summed E-state index contributed by atoms with van der Waals surface area (Å²) in [6, 6.07) is 0. The van der Waals surface area contributed by atoms with Crippen molar-refractivity contribution in [1.82, 2.24) is 0 Å². The first-order valence-electron chi connectivity index (χ1n) is 6.17. The third kappa shape index (κ3) is 10.2. The zero-order valence-corrected chi connectivity index (χ0v) is 17.1. The lowest BCUT2D eigenvalue weighted by atomic mass is 10.1. The molecule has 3 nitrogen and oxygen atoms in total. The van der Waals surface area contributed by atoms with Crippen LogP contribution in [0, 0.1) is 0 Å². The van der Waals surface area contributed by atoms with Gasteiger partial charge in [0, 0.05) is 6.42 Å². The highest BCUT2D eigenvalue weighted by Crippen LogP contribution is 2.14. The summed E-state index contributed by atoms with van der Waals surface area (Å²) in [6.45, 7) is 9.45. The topological polar surface area (TPSA) is 60.2 Å². The molecular formula is C13H29NO2S4. The molecule has 0 aromatic heterocycles. The lowest BCUT2D eigenvalue weighted by Crippen LogP contribution is -2.34. The maximum atomic E-state index is 11.2. The van der Waals surface area contributed by atoms with Crippen molar-refractivity contribution in [3.05, 3.63) is 0 Å². The van der Waals surface area contributed by atoms with Crippen molar-refractivity contribution in [3.8, 4) is 0 Å².